The van der Waals surface area contributed by atoms with Crippen LogP contribution in [-0.4, -0.2) is 40.3 Å². The second-order valence-corrected chi connectivity index (χ2v) is 7.12. The molecule has 1 fully saturated rings. The number of hydrogen-bond donors (Lipinski definition) is 2. The van der Waals surface area contributed by atoms with Gasteiger partial charge in [0, 0.05) is 18.2 Å². The second kappa shape index (κ2) is 9.42. The third kappa shape index (κ3) is 5.73. The number of carboxylic acids is 1. The summed E-state index contributed by atoms with van der Waals surface area (Å²) >= 11 is 0. The Labute approximate surface area is 160 Å². The molecule has 1 saturated heterocycles. The number of aryl methyl sites for hydroxylation is 1. The fraction of sp³-hybridized carbons (Fsp3) is 0.409. The monoisotopic (exact) mass is 369 g/mol. The van der Waals surface area contributed by atoms with Gasteiger partial charge in [0.25, 0.3) is 0 Å². The predicted octanol–water partition coefficient (Wildman–Crippen LogP) is 3.84. The largest absolute Gasteiger partial charge is 0.508 e. The number of rotatable bonds is 8. The second-order valence-electron chi connectivity index (χ2n) is 7.12. The van der Waals surface area contributed by atoms with E-state index < -0.39 is 5.97 Å². The summed E-state index contributed by atoms with van der Waals surface area (Å²) in [7, 11) is 0. The van der Waals surface area contributed by atoms with Crippen LogP contribution in [0.3, 0.4) is 0 Å². The predicted molar refractivity (Wildman–Crippen MR) is 104 cm³/mol. The molecule has 1 atom stereocenters. The Bertz CT molecular complexity index is 744. The molecule has 0 amide bonds. The van der Waals surface area contributed by atoms with E-state index in [0.717, 1.165) is 31.5 Å². The first-order valence-corrected chi connectivity index (χ1v) is 9.56. The Hall–Kier alpha value is -2.53. The van der Waals surface area contributed by atoms with Gasteiger partial charge in [0.2, 0.25) is 0 Å². The van der Waals surface area contributed by atoms with E-state index >= 15 is 0 Å². The van der Waals surface area contributed by atoms with Gasteiger partial charge in [-0.05, 0) is 56.0 Å². The van der Waals surface area contributed by atoms with Crippen LogP contribution in [-0.2, 0) is 17.8 Å². The Balaban J connectivity index is 1.63. The maximum atomic E-state index is 10.8. The quantitative estimate of drug-likeness (QED) is 0.740. The number of phenols is 1. The highest BCUT2D eigenvalue weighted by molar-refractivity contribution is 5.68. The van der Waals surface area contributed by atoms with Gasteiger partial charge in [0.15, 0.2) is 6.61 Å². The Kier molecular flexibility index (Phi) is 6.71. The van der Waals surface area contributed by atoms with Crippen LogP contribution in [0, 0.1) is 0 Å². The van der Waals surface area contributed by atoms with Gasteiger partial charge < -0.3 is 14.9 Å². The van der Waals surface area contributed by atoms with Crippen molar-refractivity contribution < 1.29 is 19.7 Å². The van der Waals surface area contributed by atoms with Crippen molar-refractivity contribution in [3.8, 4) is 11.5 Å². The smallest absolute Gasteiger partial charge is 0.341 e. The fourth-order valence-electron chi connectivity index (χ4n) is 3.72. The van der Waals surface area contributed by atoms with Crippen molar-refractivity contribution in [2.75, 3.05) is 13.2 Å². The summed E-state index contributed by atoms with van der Waals surface area (Å²) in [6, 6.07) is 15.7. The summed E-state index contributed by atoms with van der Waals surface area (Å²) in [6.45, 7) is 1.50. The minimum atomic E-state index is -0.963. The van der Waals surface area contributed by atoms with Gasteiger partial charge in [-0.15, -0.1) is 0 Å². The molecule has 0 bridgehead atoms. The van der Waals surface area contributed by atoms with Crippen LogP contribution in [0.4, 0.5) is 0 Å². The number of aliphatic carboxylic acids is 1. The molecule has 5 nitrogen and oxygen atoms in total. The first kappa shape index (κ1) is 19.2. The van der Waals surface area contributed by atoms with E-state index in [9.17, 15) is 9.90 Å². The van der Waals surface area contributed by atoms with Crippen molar-refractivity contribution in [1.29, 1.82) is 0 Å². The molecular weight excluding hydrogens is 342 g/mol. The first-order chi connectivity index (χ1) is 13.1. The van der Waals surface area contributed by atoms with Crippen LogP contribution in [0.2, 0.25) is 0 Å². The summed E-state index contributed by atoms with van der Waals surface area (Å²) in [4.78, 5) is 13.3. The molecule has 5 heteroatoms. The number of hydrogen-bond acceptors (Lipinski definition) is 4. The highest BCUT2D eigenvalue weighted by atomic mass is 16.5. The molecule has 144 valence electrons. The molecule has 1 aliphatic rings. The van der Waals surface area contributed by atoms with Gasteiger partial charge in [-0.2, -0.15) is 0 Å². The molecule has 1 heterocycles. The number of phenolic OH excluding ortho intramolecular Hbond substituents is 1. The SMILES string of the molecule is O=C(O)COc1ccccc1CN1CCCC[C@@H]1CCc1ccc(O)cc1. The molecule has 0 aromatic heterocycles. The molecule has 2 aromatic carbocycles. The van der Waals surface area contributed by atoms with Gasteiger partial charge in [0.1, 0.15) is 11.5 Å². The van der Waals surface area contributed by atoms with Gasteiger partial charge in [-0.3, -0.25) is 4.90 Å². The number of para-hydroxylation sites is 1. The number of likely N-dealkylation sites (tertiary alicyclic amines) is 1. The number of carboxylic acid groups (broad SMARTS) is 1. The fourth-order valence-corrected chi connectivity index (χ4v) is 3.72. The molecular formula is C22H27NO4. The standard InChI is InChI=1S/C22H27NO4/c24-20-12-9-17(10-13-20)8-11-19-6-3-4-14-23(19)15-18-5-1-2-7-21(18)27-16-22(25)26/h1-2,5,7,9-10,12-13,19,24H,3-4,6,8,11,14-16H2,(H,25,26)/t19-/m1/s1. The van der Waals surface area contributed by atoms with Crippen molar-refractivity contribution in [3.63, 3.8) is 0 Å². The third-order valence-corrected chi connectivity index (χ3v) is 5.15. The van der Waals surface area contributed by atoms with Crippen molar-refractivity contribution in [2.24, 2.45) is 0 Å². The van der Waals surface area contributed by atoms with Gasteiger partial charge in [0.05, 0.1) is 0 Å². The van der Waals surface area contributed by atoms with E-state index in [-0.39, 0.29) is 6.61 Å². The molecule has 3 rings (SSSR count). The zero-order chi connectivity index (χ0) is 19.1. The van der Waals surface area contributed by atoms with Crippen LogP contribution in [0.15, 0.2) is 48.5 Å². The van der Waals surface area contributed by atoms with Crippen LogP contribution in [0.25, 0.3) is 0 Å². The number of piperidine rings is 1. The Morgan fingerprint density at radius 3 is 2.67 bits per heavy atom. The third-order valence-electron chi connectivity index (χ3n) is 5.15. The average Bonchev–Trinajstić information content (AvgIpc) is 2.68. The summed E-state index contributed by atoms with van der Waals surface area (Å²) in [5.41, 5.74) is 2.28. The van der Waals surface area contributed by atoms with Crippen LogP contribution < -0.4 is 4.74 Å². The van der Waals surface area contributed by atoms with E-state index in [1.54, 1.807) is 12.1 Å². The van der Waals surface area contributed by atoms with Crippen molar-refractivity contribution in [3.05, 3.63) is 59.7 Å². The van der Waals surface area contributed by atoms with Crippen molar-refractivity contribution in [2.45, 2.75) is 44.7 Å². The number of aromatic hydroxyl groups is 1. The molecule has 0 radical (unpaired) electrons. The molecule has 2 N–H and O–H groups in total. The van der Waals surface area contributed by atoms with E-state index in [1.165, 1.54) is 24.8 Å². The van der Waals surface area contributed by atoms with E-state index in [4.69, 9.17) is 9.84 Å². The summed E-state index contributed by atoms with van der Waals surface area (Å²) in [5, 5.41) is 18.3. The highest BCUT2D eigenvalue weighted by Gasteiger charge is 2.23. The van der Waals surface area contributed by atoms with E-state index in [1.807, 2.05) is 36.4 Å². The topological polar surface area (TPSA) is 70.0 Å². The minimum absolute atomic E-state index is 0.302. The molecule has 1 aliphatic heterocycles. The lowest BCUT2D eigenvalue weighted by atomic mass is 9.95. The maximum absolute atomic E-state index is 10.8. The zero-order valence-corrected chi connectivity index (χ0v) is 15.5. The maximum Gasteiger partial charge on any atom is 0.341 e. The lowest BCUT2D eigenvalue weighted by Crippen LogP contribution is -2.39. The molecule has 0 spiro atoms. The highest BCUT2D eigenvalue weighted by Crippen LogP contribution is 2.27. The summed E-state index contributed by atoms with van der Waals surface area (Å²) in [6.07, 6.45) is 5.67. The summed E-state index contributed by atoms with van der Waals surface area (Å²) in [5.74, 6) is -0.00619. The lowest BCUT2D eigenvalue weighted by Gasteiger charge is -2.36. The molecule has 0 saturated carbocycles. The Morgan fingerprint density at radius 1 is 1.11 bits per heavy atom. The number of carbonyl (C=O) groups is 1. The van der Waals surface area contributed by atoms with E-state index in [0.29, 0.717) is 17.5 Å². The molecule has 2 aromatic rings. The molecule has 0 aliphatic carbocycles. The number of nitrogens with zero attached hydrogens (tertiary/aromatic N) is 1. The Morgan fingerprint density at radius 2 is 1.89 bits per heavy atom. The molecule has 27 heavy (non-hydrogen) atoms. The van der Waals surface area contributed by atoms with Gasteiger partial charge in [-0.1, -0.05) is 36.8 Å². The summed E-state index contributed by atoms with van der Waals surface area (Å²) < 4.78 is 5.47. The van der Waals surface area contributed by atoms with Crippen molar-refractivity contribution in [1.82, 2.24) is 4.90 Å². The zero-order valence-electron chi connectivity index (χ0n) is 15.5. The number of benzene rings is 2. The lowest BCUT2D eigenvalue weighted by molar-refractivity contribution is -0.139. The number of ether oxygens (including phenoxy) is 1. The van der Waals surface area contributed by atoms with E-state index in [2.05, 4.69) is 4.90 Å². The normalized spacial score (nSPS) is 17.6. The average molecular weight is 369 g/mol. The van der Waals surface area contributed by atoms with Crippen LogP contribution in [0.1, 0.15) is 36.8 Å². The van der Waals surface area contributed by atoms with Gasteiger partial charge >= 0.3 is 5.97 Å². The van der Waals surface area contributed by atoms with Crippen LogP contribution >= 0.6 is 0 Å². The first-order valence-electron chi connectivity index (χ1n) is 9.56. The molecule has 0 unspecified atom stereocenters. The van der Waals surface area contributed by atoms with Crippen LogP contribution in [0.5, 0.6) is 11.5 Å². The van der Waals surface area contributed by atoms with Gasteiger partial charge in [-0.25, -0.2) is 4.79 Å². The van der Waals surface area contributed by atoms with Crippen molar-refractivity contribution >= 4 is 5.97 Å². The minimum Gasteiger partial charge on any atom is -0.508 e.